The third-order valence-electron chi connectivity index (χ3n) is 4.19. The summed E-state index contributed by atoms with van der Waals surface area (Å²) in [5.74, 6) is 0.0550. The van der Waals surface area contributed by atoms with Gasteiger partial charge in [-0.05, 0) is 36.5 Å². The Morgan fingerprint density at radius 2 is 1.83 bits per heavy atom. The average molecular weight is 344 g/mol. The molecule has 2 unspecified atom stereocenters. The molecule has 1 saturated carbocycles. The second-order valence-corrected chi connectivity index (χ2v) is 7.17. The van der Waals surface area contributed by atoms with Crippen molar-refractivity contribution in [1.29, 1.82) is 0 Å². The summed E-state index contributed by atoms with van der Waals surface area (Å²) in [6, 6.07) is 16.0. The van der Waals surface area contributed by atoms with Crippen LogP contribution in [-0.2, 0) is 4.79 Å². The lowest BCUT2D eigenvalue weighted by Gasteiger charge is -2.22. The minimum Gasteiger partial charge on any atom is -0.351 e. The van der Waals surface area contributed by atoms with Gasteiger partial charge >= 0.3 is 0 Å². The first-order chi connectivity index (χ1) is 11.7. The van der Waals surface area contributed by atoms with Crippen molar-refractivity contribution in [3.8, 4) is 0 Å². The fourth-order valence-corrected chi connectivity index (χ4v) is 3.75. The monoisotopic (exact) mass is 344 g/mol. The smallest absolute Gasteiger partial charge is 0.238 e. The van der Waals surface area contributed by atoms with E-state index in [0.29, 0.717) is 17.4 Å². The number of nitrogens with one attached hydrogen (secondary N) is 1. The molecule has 2 aromatic rings. The predicted molar refractivity (Wildman–Crippen MR) is 95.1 cm³/mol. The molecule has 1 aliphatic carbocycles. The van der Waals surface area contributed by atoms with Crippen molar-refractivity contribution in [3.63, 3.8) is 0 Å². The van der Waals surface area contributed by atoms with Gasteiger partial charge in [0.15, 0.2) is 0 Å². The van der Waals surface area contributed by atoms with Gasteiger partial charge in [-0.15, -0.1) is 11.8 Å². The van der Waals surface area contributed by atoms with E-state index >= 15 is 0 Å². The zero-order chi connectivity index (χ0) is 16.9. The van der Waals surface area contributed by atoms with Gasteiger partial charge in [0.05, 0.1) is 0 Å². The lowest BCUT2D eigenvalue weighted by molar-refractivity contribution is -0.121. The molecule has 0 bridgehead atoms. The molecular weight excluding hydrogens is 323 g/mol. The molecule has 0 heterocycles. The van der Waals surface area contributed by atoms with Crippen LogP contribution in [0.25, 0.3) is 0 Å². The van der Waals surface area contributed by atoms with Gasteiger partial charge in [-0.1, -0.05) is 42.5 Å². The van der Waals surface area contributed by atoms with Crippen molar-refractivity contribution in [3.05, 3.63) is 66.0 Å². The number of hydrogen-bond acceptors (Lipinski definition) is 3. The van der Waals surface area contributed by atoms with Gasteiger partial charge in [0, 0.05) is 17.5 Å². The molecule has 1 aliphatic rings. The lowest BCUT2D eigenvalue weighted by atomic mass is 10.1. The molecule has 5 heteroatoms. The van der Waals surface area contributed by atoms with E-state index < -0.39 is 5.25 Å². The summed E-state index contributed by atoms with van der Waals surface area (Å²) < 4.78 is 14.0. The molecule has 3 N–H and O–H groups in total. The van der Waals surface area contributed by atoms with Crippen LogP contribution in [0.2, 0.25) is 0 Å². The predicted octanol–water partition coefficient (Wildman–Crippen LogP) is 3.51. The quantitative estimate of drug-likeness (QED) is 0.756. The molecule has 0 aliphatic heterocycles. The van der Waals surface area contributed by atoms with E-state index in [4.69, 9.17) is 5.73 Å². The minimum atomic E-state index is -0.504. The number of nitrogens with two attached hydrogens (primary N) is 1. The Bertz CT molecular complexity index is 691. The first-order valence-corrected chi connectivity index (χ1v) is 9.03. The van der Waals surface area contributed by atoms with Gasteiger partial charge in [-0.25, -0.2) is 4.39 Å². The number of halogens is 1. The van der Waals surface area contributed by atoms with Crippen molar-refractivity contribution < 1.29 is 9.18 Å². The number of amides is 1. The molecule has 2 aromatic carbocycles. The Morgan fingerprint density at radius 3 is 2.46 bits per heavy atom. The number of hydrogen-bond donors (Lipinski definition) is 2. The summed E-state index contributed by atoms with van der Waals surface area (Å²) in [7, 11) is 0. The maximum Gasteiger partial charge on any atom is 0.238 e. The van der Waals surface area contributed by atoms with Crippen molar-refractivity contribution in [1.82, 2.24) is 5.32 Å². The highest BCUT2D eigenvalue weighted by molar-refractivity contribution is 8.00. The third kappa shape index (κ3) is 4.16. The average Bonchev–Trinajstić information content (AvgIpc) is 3.44. The van der Waals surface area contributed by atoms with Crippen LogP contribution in [0.1, 0.15) is 23.7 Å². The van der Waals surface area contributed by atoms with Gasteiger partial charge in [-0.3, -0.25) is 4.79 Å². The van der Waals surface area contributed by atoms with E-state index in [1.54, 1.807) is 18.2 Å². The van der Waals surface area contributed by atoms with Gasteiger partial charge in [-0.2, -0.15) is 0 Å². The van der Waals surface area contributed by atoms with Crippen LogP contribution in [0, 0.1) is 11.7 Å². The van der Waals surface area contributed by atoms with E-state index in [-0.39, 0.29) is 17.8 Å². The van der Waals surface area contributed by atoms with E-state index in [1.165, 1.54) is 17.8 Å². The Morgan fingerprint density at radius 1 is 1.17 bits per heavy atom. The molecule has 24 heavy (non-hydrogen) atoms. The third-order valence-corrected chi connectivity index (χ3v) is 5.50. The Kier molecular flexibility index (Phi) is 5.53. The van der Waals surface area contributed by atoms with Crippen LogP contribution < -0.4 is 11.1 Å². The molecule has 0 spiro atoms. The molecule has 126 valence electrons. The molecule has 1 fully saturated rings. The molecule has 0 saturated heterocycles. The molecule has 1 amide bonds. The number of thioether (sulfide) groups is 1. The van der Waals surface area contributed by atoms with Crippen LogP contribution in [0.3, 0.4) is 0 Å². The molecule has 0 radical (unpaired) electrons. The molecular formula is C19H21FN2OS. The van der Waals surface area contributed by atoms with E-state index in [9.17, 15) is 9.18 Å². The summed E-state index contributed by atoms with van der Waals surface area (Å²) in [5, 5.41) is 2.56. The zero-order valence-corrected chi connectivity index (χ0v) is 14.1. The SMILES string of the molecule is NCC(NC(=O)C(Sc1ccccc1F)c1ccccc1)C1CC1. The summed E-state index contributed by atoms with van der Waals surface area (Å²) >= 11 is 1.23. The fourth-order valence-electron chi connectivity index (χ4n) is 2.69. The molecule has 2 atom stereocenters. The van der Waals surface area contributed by atoms with E-state index in [1.807, 2.05) is 30.3 Å². The summed E-state index contributed by atoms with van der Waals surface area (Å²) in [5.41, 5.74) is 6.65. The van der Waals surface area contributed by atoms with Crippen molar-refractivity contribution >= 4 is 17.7 Å². The van der Waals surface area contributed by atoms with E-state index in [0.717, 1.165) is 18.4 Å². The highest BCUT2D eigenvalue weighted by atomic mass is 32.2. The first-order valence-electron chi connectivity index (χ1n) is 8.15. The van der Waals surface area contributed by atoms with E-state index in [2.05, 4.69) is 5.32 Å². The van der Waals surface area contributed by atoms with Gasteiger partial charge in [0.25, 0.3) is 0 Å². The van der Waals surface area contributed by atoms with Gasteiger partial charge in [0.2, 0.25) is 5.91 Å². The minimum absolute atomic E-state index is 0.00457. The second-order valence-electron chi connectivity index (χ2n) is 6.03. The Labute approximate surface area is 145 Å². The number of carbonyl (C=O) groups excluding carboxylic acids is 1. The van der Waals surface area contributed by atoms with Crippen LogP contribution in [0.4, 0.5) is 4.39 Å². The fraction of sp³-hybridized carbons (Fsp3) is 0.316. The highest BCUT2D eigenvalue weighted by Gasteiger charge is 2.33. The Hall–Kier alpha value is -1.85. The largest absolute Gasteiger partial charge is 0.351 e. The summed E-state index contributed by atoms with van der Waals surface area (Å²) in [6.45, 7) is 0.433. The molecule has 3 nitrogen and oxygen atoms in total. The van der Waals surface area contributed by atoms with Crippen LogP contribution in [-0.4, -0.2) is 18.5 Å². The second kappa shape index (κ2) is 7.81. The maximum absolute atomic E-state index is 14.0. The number of carbonyl (C=O) groups is 1. The molecule has 3 rings (SSSR count). The van der Waals surface area contributed by atoms with Crippen LogP contribution in [0.5, 0.6) is 0 Å². The van der Waals surface area contributed by atoms with Gasteiger partial charge < -0.3 is 11.1 Å². The van der Waals surface area contributed by atoms with Crippen molar-refractivity contribution in [2.45, 2.75) is 29.0 Å². The maximum atomic E-state index is 14.0. The van der Waals surface area contributed by atoms with Crippen LogP contribution in [0.15, 0.2) is 59.5 Å². The lowest BCUT2D eigenvalue weighted by Crippen LogP contribution is -2.43. The number of benzene rings is 2. The first kappa shape index (κ1) is 17.0. The van der Waals surface area contributed by atoms with Crippen molar-refractivity contribution in [2.75, 3.05) is 6.54 Å². The highest BCUT2D eigenvalue weighted by Crippen LogP contribution is 2.38. The summed E-state index contributed by atoms with van der Waals surface area (Å²) in [6.07, 6.45) is 2.22. The zero-order valence-electron chi connectivity index (χ0n) is 13.3. The van der Waals surface area contributed by atoms with Crippen molar-refractivity contribution in [2.24, 2.45) is 11.7 Å². The number of rotatable bonds is 7. The topological polar surface area (TPSA) is 55.1 Å². The summed E-state index contributed by atoms with van der Waals surface area (Å²) in [4.78, 5) is 13.3. The molecule has 0 aromatic heterocycles. The Balaban J connectivity index is 1.82. The van der Waals surface area contributed by atoms with Crippen LogP contribution >= 0.6 is 11.8 Å². The standard InChI is InChI=1S/C19H21FN2OS/c20-15-8-4-5-9-17(15)24-18(14-6-2-1-3-7-14)19(23)22-16(12-21)13-10-11-13/h1-9,13,16,18H,10-12,21H2,(H,22,23). The van der Waals surface area contributed by atoms with Gasteiger partial charge in [0.1, 0.15) is 11.1 Å². The normalized spacial score (nSPS) is 16.4.